The maximum atomic E-state index is 10.9. The number of nitrogens with zero attached hydrogens (tertiary/aromatic N) is 6. The molecule has 0 saturated heterocycles. The number of nitro benzene ring substituents is 1. The van der Waals surface area contributed by atoms with Gasteiger partial charge in [-0.05, 0) is 18.6 Å². The van der Waals surface area contributed by atoms with Gasteiger partial charge in [-0.25, -0.2) is 9.67 Å². The minimum Gasteiger partial charge on any atom is -0.308 e. The van der Waals surface area contributed by atoms with E-state index in [1.807, 2.05) is 17.9 Å². The van der Waals surface area contributed by atoms with Crippen LogP contribution < -0.4 is 5.32 Å². The molecule has 9 heteroatoms. The van der Waals surface area contributed by atoms with E-state index in [0.29, 0.717) is 18.5 Å². The predicted octanol–water partition coefficient (Wildman–Crippen LogP) is 2.81. The second-order valence-electron chi connectivity index (χ2n) is 7.82. The SMILES string of the molecule is CC(C)c1nc2n(n1)CC(NCc1cn(C)nc1-c1ccc([N+](=O)[O-])cc1)CC2. The Kier molecular flexibility index (Phi) is 5.14. The average Bonchev–Trinajstić information content (AvgIpc) is 3.29. The molecule has 4 rings (SSSR count). The number of benzene rings is 1. The van der Waals surface area contributed by atoms with Crippen LogP contribution in [-0.2, 0) is 26.6 Å². The number of aromatic nitrogens is 5. The Hall–Kier alpha value is -3.07. The molecular formula is C20H25N7O2. The first-order valence-electron chi connectivity index (χ1n) is 9.85. The van der Waals surface area contributed by atoms with E-state index in [4.69, 9.17) is 0 Å². The predicted molar refractivity (Wildman–Crippen MR) is 108 cm³/mol. The molecule has 0 fully saturated rings. The molecule has 1 N–H and O–H groups in total. The molecule has 3 heterocycles. The van der Waals surface area contributed by atoms with Crippen molar-refractivity contribution >= 4 is 5.69 Å². The van der Waals surface area contributed by atoms with Gasteiger partial charge in [0.2, 0.25) is 0 Å². The molecule has 1 atom stereocenters. The fourth-order valence-corrected chi connectivity index (χ4v) is 3.64. The summed E-state index contributed by atoms with van der Waals surface area (Å²) in [5.41, 5.74) is 2.86. The number of fused-ring (bicyclic) bond motifs is 1. The van der Waals surface area contributed by atoms with E-state index in [0.717, 1.165) is 47.9 Å². The standard InChI is InChI=1S/C20H25N7O2/c1-13(2)20-22-18-9-6-16(12-26(18)24-20)21-10-15-11-25(3)23-19(15)14-4-7-17(8-5-14)27(28)29/h4-5,7-8,11,13,16,21H,6,9-10,12H2,1-3H3. The first-order valence-corrected chi connectivity index (χ1v) is 9.85. The molecule has 2 aromatic heterocycles. The van der Waals surface area contributed by atoms with Crippen molar-refractivity contribution in [3.63, 3.8) is 0 Å². The van der Waals surface area contributed by atoms with Crippen molar-refractivity contribution in [3.05, 3.63) is 57.8 Å². The molecule has 0 spiro atoms. The van der Waals surface area contributed by atoms with Gasteiger partial charge in [-0.2, -0.15) is 10.2 Å². The monoisotopic (exact) mass is 395 g/mol. The van der Waals surface area contributed by atoms with Gasteiger partial charge in [-0.15, -0.1) is 0 Å². The van der Waals surface area contributed by atoms with E-state index in [2.05, 4.69) is 34.3 Å². The molecule has 1 aliphatic heterocycles. The van der Waals surface area contributed by atoms with Crippen molar-refractivity contribution in [1.82, 2.24) is 29.9 Å². The first-order chi connectivity index (χ1) is 13.9. The van der Waals surface area contributed by atoms with Crippen LogP contribution in [0.25, 0.3) is 11.3 Å². The maximum absolute atomic E-state index is 10.9. The lowest BCUT2D eigenvalue weighted by Gasteiger charge is -2.23. The van der Waals surface area contributed by atoms with Crippen molar-refractivity contribution in [3.8, 4) is 11.3 Å². The quantitative estimate of drug-likeness (QED) is 0.508. The zero-order valence-corrected chi connectivity index (χ0v) is 16.9. The van der Waals surface area contributed by atoms with Gasteiger partial charge < -0.3 is 5.32 Å². The van der Waals surface area contributed by atoms with Crippen LogP contribution in [0.15, 0.2) is 30.5 Å². The summed E-state index contributed by atoms with van der Waals surface area (Å²) in [4.78, 5) is 15.1. The topological polar surface area (TPSA) is 104 Å². The van der Waals surface area contributed by atoms with Crippen LogP contribution in [0.1, 0.15) is 43.4 Å². The highest BCUT2D eigenvalue weighted by Gasteiger charge is 2.23. The van der Waals surface area contributed by atoms with Crippen LogP contribution in [0.4, 0.5) is 5.69 Å². The van der Waals surface area contributed by atoms with Crippen LogP contribution in [-0.4, -0.2) is 35.5 Å². The summed E-state index contributed by atoms with van der Waals surface area (Å²) >= 11 is 0. The van der Waals surface area contributed by atoms with E-state index >= 15 is 0 Å². The van der Waals surface area contributed by atoms with E-state index in [1.165, 1.54) is 12.1 Å². The molecule has 0 amide bonds. The molecular weight excluding hydrogens is 370 g/mol. The van der Waals surface area contributed by atoms with Gasteiger partial charge in [0.1, 0.15) is 5.82 Å². The molecule has 1 unspecified atom stereocenters. The van der Waals surface area contributed by atoms with Gasteiger partial charge in [-0.3, -0.25) is 14.8 Å². The number of aryl methyl sites for hydroxylation is 2. The summed E-state index contributed by atoms with van der Waals surface area (Å²) in [6, 6.07) is 6.84. The van der Waals surface area contributed by atoms with Crippen molar-refractivity contribution in [2.75, 3.05) is 0 Å². The van der Waals surface area contributed by atoms with Crippen LogP contribution >= 0.6 is 0 Å². The average molecular weight is 395 g/mol. The number of hydrogen-bond donors (Lipinski definition) is 1. The molecule has 0 bridgehead atoms. The summed E-state index contributed by atoms with van der Waals surface area (Å²) in [5.74, 6) is 2.31. The third-order valence-electron chi connectivity index (χ3n) is 5.23. The summed E-state index contributed by atoms with van der Waals surface area (Å²) in [5, 5.41) is 23.7. The molecule has 0 radical (unpaired) electrons. The zero-order chi connectivity index (χ0) is 20.5. The van der Waals surface area contributed by atoms with Crippen LogP contribution in [0.2, 0.25) is 0 Å². The molecule has 1 aromatic carbocycles. The van der Waals surface area contributed by atoms with Crippen LogP contribution in [0.5, 0.6) is 0 Å². The molecule has 9 nitrogen and oxygen atoms in total. The fraction of sp³-hybridized carbons (Fsp3) is 0.450. The number of non-ortho nitro benzene ring substituents is 1. The molecule has 1 aliphatic rings. The number of nitrogens with one attached hydrogen (secondary N) is 1. The Balaban J connectivity index is 1.46. The molecule has 0 saturated carbocycles. The van der Waals surface area contributed by atoms with Crippen LogP contribution in [0, 0.1) is 10.1 Å². The Bertz CT molecular complexity index is 1020. The molecule has 0 aliphatic carbocycles. The first kappa shape index (κ1) is 19.3. The van der Waals surface area contributed by atoms with Crippen LogP contribution in [0.3, 0.4) is 0 Å². The number of rotatable bonds is 6. The van der Waals surface area contributed by atoms with E-state index in [1.54, 1.807) is 16.8 Å². The lowest BCUT2D eigenvalue weighted by molar-refractivity contribution is -0.384. The highest BCUT2D eigenvalue weighted by molar-refractivity contribution is 5.64. The molecule has 3 aromatic rings. The van der Waals surface area contributed by atoms with Gasteiger partial charge >= 0.3 is 0 Å². The van der Waals surface area contributed by atoms with Crippen molar-refractivity contribution in [1.29, 1.82) is 0 Å². The van der Waals surface area contributed by atoms with Gasteiger partial charge in [0.25, 0.3) is 5.69 Å². The van der Waals surface area contributed by atoms with E-state index < -0.39 is 4.92 Å². The summed E-state index contributed by atoms with van der Waals surface area (Å²) in [7, 11) is 1.88. The van der Waals surface area contributed by atoms with E-state index in [-0.39, 0.29) is 5.69 Å². The summed E-state index contributed by atoms with van der Waals surface area (Å²) in [6.45, 7) is 5.70. The highest BCUT2D eigenvalue weighted by Crippen LogP contribution is 2.25. The summed E-state index contributed by atoms with van der Waals surface area (Å²) < 4.78 is 3.80. The van der Waals surface area contributed by atoms with E-state index in [9.17, 15) is 10.1 Å². The lowest BCUT2D eigenvalue weighted by atomic mass is 10.1. The van der Waals surface area contributed by atoms with Crippen molar-refractivity contribution in [2.45, 2.75) is 51.7 Å². The van der Waals surface area contributed by atoms with Gasteiger partial charge in [0.05, 0.1) is 17.2 Å². The van der Waals surface area contributed by atoms with Gasteiger partial charge in [0.15, 0.2) is 5.82 Å². The minimum atomic E-state index is -0.392. The second-order valence-corrected chi connectivity index (χ2v) is 7.82. The van der Waals surface area contributed by atoms with Gasteiger partial charge in [-0.1, -0.05) is 13.8 Å². The molecule has 152 valence electrons. The van der Waals surface area contributed by atoms with Crippen molar-refractivity contribution in [2.24, 2.45) is 7.05 Å². The van der Waals surface area contributed by atoms with Crippen molar-refractivity contribution < 1.29 is 4.92 Å². The lowest BCUT2D eigenvalue weighted by Crippen LogP contribution is -2.37. The maximum Gasteiger partial charge on any atom is 0.269 e. The highest BCUT2D eigenvalue weighted by atomic mass is 16.6. The Morgan fingerprint density at radius 2 is 2.03 bits per heavy atom. The third-order valence-corrected chi connectivity index (χ3v) is 5.23. The largest absolute Gasteiger partial charge is 0.308 e. The normalized spacial score (nSPS) is 16.2. The fourth-order valence-electron chi connectivity index (χ4n) is 3.64. The minimum absolute atomic E-state index is 0.0796. The molecule has 29 heavy (non-hydrogen) atoms. The van der Waals surface area contributed by atoms with Gasteiger partial charge in [0, 0.05) is 61.4 Å². The zero-order valence-electron chi connectivity index (χ0n) is 16.9. The Morgan fingerprint density at radius 3 is 2.72 bits per heavy atom. The Morgan fingerprint density at radius 1 is 1.28 bits per heavy atom. The third kappa shape index (κ3) is 4.04. The summed E-state index contributed by atoms with van der Waals surface area (Å²) in [6.07, 6.45) is 3.92. The smallest absolute Gasteiger partial charge is 0.269 e. The second kappa shape index (κ2) is 7.75. The number of nitro groups is 1. The Labute approximate surface area is 168 Å². The number of hydrogen-bond acceptors (Lipinski definition) is 6.